The van der Waals surface area contributed by atoms with E-state index >= 15 is 0 Å². The first-order valence-corrected chi connectivity index (χ1v) is 4.87. The van der Waals surface area contributed by atoms with Gasteiger partial charge in [0.1, 0.15) is 0 Å². The van der Waals surface area contributed by atoms with Crippen LogP contribution in [0.2, 0.25) is 15.1 Å². The van der Waals surface area contributed by atoms with Crippen molar-refractivity contribution in [3.63, 3.8) is 0 Å². The Balaban J connectivity index is 2.92. The Morgan fingerprint density at radius 2 is 1.69 bits per heavy atom. The van der Waals surface area contributed by atoms with Gasteiger partial charge in [0.2, 0.25) is 0 Å². The number of halogens is 3. The largest absolute Gasteiger partial charge is 0.381 e. The number of anilines is 1. The van der Waals surface area contributed by atoms with Crippen molar-refractivity contribution in [2.45, 2.75) is 0 Å². The fraction of sp³-hybridized carbons (Fsp3) is 0.250. The molecule has 0 bridgehead atoms. The van der Waals surface area contributed by atoms with Crippen LogP contribution in [0.5, 0.6) is 0 Å². The van der Waals surface area contributed by atoms with Gasteiger partial charge in [-0.1, -0.05) is 34.8 Å². The van der Waals surface area contributed by atoms with Crippen molar-refractivity contribution in [3.05, 3.63) is 27.2 Å². The Morgan fingerprint density at radius 1 is 1.15 bits per heavy atom. The Bertz CT molecular complexity index is 278. The topological polar surface area (TPSA) is 38.0 Å². The van der Waals surface area contributed by atoms with Crippen LogP contribution in [0.4, 0.5) is 5.69 Å². The maximum Gasteiger partial charge on any atom is 0.0720 e. The van der Waals surface area contributed by atoms with Crippen LogP contribution in [-0.4, -0.2) is 13.1 Å². The van der Waals surface area contributed by atoms with E-state index in [2.05, 4.69) is 5.32 Å². The summed E-state index contributed by atoms with van der Waals surface area (Å²) < 4.78 is 0. The first kappa shape index (κ1) is 10.9. The fourth-order valence-electron chi connectivity index (χ4n) is 0.908. The zero-order chi connectivity index (χ0) is 9.84. The quantitative estimate of drug-likeness (QED) is 0.851. The van der Waals surface area contributed by atoms with Crippen LogP contribution in [0.1, 0.15) is 0 Å². The summed E-state index contributed by atoms with van der Waals surface area (Å²) in [7, 11) is 0. The minimum Gasteiger partial charge on any atom is -0.381 e. The van der Waals surface area contributed by atoms with Crippen LogP contribution in [0.15, 0.2) is 12.1 Å². The number of nitrogens with two attached hydrogens (primary N) is 1. The maximum atomic E-state index is 5.90. The third kappa shape index (κ3) is 2.92. The highest BCUT2D eigenvalue weighted by Gasteiger charge is 2.06. The summed E-state index contributed by atoms with van der Waals surface area (Å²) in [5, 5.41) is 4.54. The van der Waals surface area contributed by atoms with Gasteiger partial charge >= 0.3 is 0 Å². The summed E-state index contributed by atoms with van der Waals surface area (Å²) in [6, 6.07) is 3.27. The second-order valence-electron chi connectivity index (χ2n) is 2.46. The van der Waals surface area contributed by atoms with Gasteiger partial charge in [-0.25, -0.2) is 0 Å². The van der Waals surface area contributed by atoms with E-state index in [0.29, 0.717) is 33.8 Å². The van der Waals surface area contributed by atoms with Crippen molar-refractivity contribution in [2.24, 2.45) is 5.73 Å². The summed E-state index contributed by atoms with van der Waals surface area (Å²) in [5.74, 6) is 0. The van der Waals surface area contributed by atoms with E-state index in [1.165, 1.54) is 0 Å². The lowest BCUT2D eigenvalue weighted by Crippen LogP contribution is -2.13. The molecule has 1 aromatic carbocycles. The van der Waals surface area contributed by atoms with Crippen LogP contribution in [0.25, 0.3) is 0 Å². The lowest BCUT2D eigenvalue weighted by molar-refractivity contribution is 1.02. The molecule has 0 aliphatic rings. The minimum atomic E-state index is 0.506. The van der Waals surface area contributed by atoms with E-state index in [9.17, 15) is 0 Å². The lowest BCUT2D eigenvalue weighted by atomic mass is 10.3. The third-order valence-electron chi connectivity index (χ3n) is 1.45. The molecule has 0 amide bonds. The van der Waals surface area contributed by atoms with Crippen molar-refractivity contribution in [2.75, 3.05) is 18.4 Å². The van der Waals surface area contributed by atoms with Gasteiger partial charge in [-0.05, 0) is 12.1 Å². The van der Waals surface area contributed by atoms with Gasteiger partial charge in [-0.2, -0.15) is 0 Å². The van der Waals surface area contributed by atoms with Crippen molar-refractivity contribution in [1.82, 2.24) is 0 Å². The van der Waals surface area contributed by atoms with E-state index in [4.69, 9.17) is 40.5 Å². The Morgan fingerprint density at radius 3 is 2.15 bits per heavy atom. The number of hydrogen-bond donors (Lipinski definition) is 2. The number of hydrogen-bond acceptors (Lipinski definition) is 2. The SMILES string of the molecule is NCCNc1c(Cl)cc(Cl)cc1Cl. The highest BCUT2D eigenvalue weighted by Crippen LogP contribution is 2.33. The van der Waals surface area contributed by atoms with E-state index in [1.54, 1.807) is 12.1 Å². The minimum absolute atomic E-state index is 0.506. The predicted molar refractivity (Wildman–Crippen MR) is 59.0 cm³/mol. The summed E-state index contributed by atoms with van der Waals surface area (Å²) in [6.45, 7) is 1.15. The number of rotatable bonds is 3. The summed E-state index contributed by atoms with van der Waals surface area (Å²) >= 11 is 17.5. The molecule has 1 aromatic rings. The molecule has 0 aliphatic carbocycles. The van der Waals surface area contributed by atoms with E-state index in [1.807, 2.05) is 0 Å². The Labute approximate surface area is 92.0 Å². The molecular weight excluding hydrogens is 230 g/mol. The highest BCUT2D eigenvalue weighted by molar-refractivity contribution is 6.41. The molecule has 13 heavy (non-hydrogen) atoms. The van der Waals surface area contributed by atoms with Gasteiger partial charge in [0.05, 0.1) is 15.7 Å². The summed E-state index contributed by atoms with van der Waals surface area (Å²) in [4.78, 5) is 0. The second-order valence-corrected chi connectivity index (χ2v) is 3.71. The average Bonchev–Trinajstić information content (AvgIpc) is 2.02. The average molecular weight is 240 g/mol. The van der Waals surface area contributed by atoms with Crippen molar-refractivity contribution in [1.29, 1.82) is 0 Å². The monoisotopic (exact) mass is 238 g/mol. The van der Waals surface area contributed by atoms with E-state index in [-0.39, 0.29) is 0 Å². The molecule has 0 heterocycles. The predicted octanol–water partition coefficient (Wildman–Crippen LogP) is 3.02. The van der Waals surface area contributed by atoms with Gasteiger partial charge in [-0.15, -0.1) is 0 Å². The van der Waals surface area contributed by atoms with Gasteiger partial charge in [0.15, 0.2) is 0 Å². The fourth-order valence-corrected chi connectivity index (χ4v) is 1.86. The van der Waals surface area contributed by atoms with Gasteiger partial charge in [0, 0.05) is 18.1 Å². The third-order valence-corrected chi connectivity index (χ3v) is 2.27. The van der Waals surface area contributed by atoms with Crippen LogP contribution >= 0.6 is 34.8 Å². The molecule has 2 nitrogen and oxygen atoms in total. The maximum absolute atomic E-state index is 5.90. The van der Waals surface area contributed by atoms with Crippen LogP contribution < -0.4 is 11.1 Å². The molecular formula is C8H9Cl3N2. The molecule has 0 fully saturated rings. The molecule has 0 atom stereocenters. The van der Waals surface area contributed by atoms with Crippen LogP contribution in [-0.2, 0) is 0 Å². The first-order chi connectivity index (χ1) is 6.15. The summed E-state index contributed by atoms with van der Waals surface area (Å²) in [6.07, 6.45) is 0. The van der Waals surface area contributed by atoms with Crippen LogP contribution in [0.3, 0.4) is 0 Å². The highest BCUT2D eigenvalue weighted by atomic mass is 35.5. The normalized spacial score (nSPS) is 10.2. The molecule has 0 spiro atoms. The van der Waals surface area contributed by atoms with Gasteiger partial charge < -0.3 is 11.1 Å². The molecule has 0 radical (unpaired) electrons. The van der Waals surface area contributed by atoms with Gasteiger partial charge in [-0.3, -0.25) is 0 Å². The van der Waals surface area contributed by atoms with Crippen molar-refractivity contribution < 1.29 is 0 Å². The molecule has 0 aromatic heterocycles. The Hall–Kier alpha value is -0.150. The number of nitrogens with one attached hydrogen (secondary N) is 1. The van der Waals surface area contributed by atoms with Gasteiger partial charge in [0.25, 0.3) is 0 Å². The molecule has 72 valence electrons. The molecule has 5 heteroatoms. The Kier molecular flexibility index (Phi) is 4.13. The smallest absolute Gasteiger partial charge is 0.0720 e. The molecule has 0 unspecified atom stereocenters. The zero-order valence-electron chi connectivity index (χ0n) is 6.78. The molecule has 1 rings (SSSR count). The van der Waals surface area contributed by atoms with Crippen LogP contribution in [0, 0.1) is 0 Å². The zero-order valence-corrected chi connectivity index (χ0v) is 9.05. The standard InChI is InChI=1S/C8H9Cl3N2/c9-5-3-6(10)8(7(11)4-5)13-2-1-12/h3-4,13H,1-2,12H2. The molecule has 0 aliphatic heterocycles. The first-order valence-electron chi connectivity index (χ1n) is 3.73. The molecule has 0 saturated heterocycles. The summed E-state index contributed by atoms with van der Waals surface area (Å²) in [5.41, 5.74) is 6.01. The van der Waals surface area contributed by atoms with E-state index < -0.39 is 0 Å². The second kappa shape index (κ2) is 4.91. The lowest BCUT2D eigenvalue weighted by Gasteiger charge is -2.09. The van der Waals surface area contributed by atoms with E-state index in [0.717, 1.165) is 0 Å². The molecule has 3 N–H and O–H groups in total. The van der Waals surface area contributed by atoms with Crippen molar-refractivity contribution >= 4 is 40.5 Å². The number of benzene rings is 1. The molecule has 0 saturated carbocycles. The van der Waals surface area contributed by atoms with Crippen molar-refractivity contribution in [3.8, 4) is 0 Å².